The molecule has 2 N–H and O–H groups in total. The molecule has 0 aliphatic heterocycles. The van der Waals surface area contributed by atoms with Crippen molar-refractivity contribution in [3.8, 4) is 0 Å². The van der Waals surface area contributed by atoms with Crippen LogP contribution in [0.2, 0.25) is 0 Å². The van der Waals surface area contributed by atoms with Crippen molar-refractivity contribution in [2.75, 3.05) is 5.32 Å². The molecule has 130 valence electrons. The molecule has 2 aromatic carbocycles. The number of anilines is 1. The van der Waals surface area contributed by atoms with Crippen LogP contribution in [0.5, 0.6) is 0 Å². The van der Waals surface area contributed by atoms with Crippen molar-refractivity contribution in [3.05, 3.63) is 62.7 Å². The maximum atomic E-state index is 12.0. The third kappa shape index (κ3) is 6.66. The summed E-state index contributed by atoms with van der Waals surface area (Å²) in [6, 6.07) is 13.6. The molecular formula is C19H20IN3O2. The Bertz CT molecular complexity index is 803. The molecule has 0 spiro atoms. The lowest BCUT2D eigenvalue weighted by molar-refractivity contribution is -0.124. The Morgan fingerprint density at radius 2 is 1.84 bits per heavy atom. The number of nitrogens with zero attached hydrogens (tertiary/aromatic N) is 1. The van der Waals surface area contributed by atoms with Crippen molar-refractivity contribution < 1.29 is 9.59 Å². The molecule has 0 aliphatic rings. The fourth-order valence-electron chi connectivity index (χ4n) is 2.22. The minimum Gasteiger partial charge on any atom is -0.326 e. The summed E-state index contributed by atoms with van der Waals surface area (Å²) in [5.74, 6) is -0.485. The molecule has 25 heavy (non-hydrogen) atoms. The van der Waals surface area contributed by atoms with Crippen LogP contribution in [0.3, 0.4) is 0 Å². The zero-order chi connectivity index (χ0) is 18.2. The van der Waals surface area contributed by atoms with Gasteiger partial charge in [-0.05, 0) is 65.8 Å². The predicted molar refractivity (Wildman–Crippen MR) is 109 cm³/mol. The van der Waals surface area contributed by atoms with E-state index in [0.717, 1.165) is 25.9 Å². The van der Waals surface area contributed by atoms with Crippen molar-refractivity contribution in [3.63, 3.8) is 0 Å². The first-order chi connectivity index (χ1) is 11.9. The second-order valence-corrected chi connectivity index (χ2v) is 6.96. The third-order valence-electron chi connectivity index (χ3n) is 3.49. The molecule has 0 aromatic heterocycles. The molecular weight excluding hydrogens is 429 g/mol. The molecule has 0 aliphatic carbocycles. The average Bonchev–Trinajstić information content (AvgIpc) is 2.56. The molecule has 0 unspecified atom stereocenters. The van der Waals surface area contributed by atoms with Gasteiger partial charge in [0, 0.05) is 22.1 Å². The number of benzene rings is 2. The first kappa shape index (κ1) is 19.1. The Balaban J connectivity index is 1.76. The van der Waals surface area contributed by atoms with Crippen LogP contribution in [0.15, 0.2) is 47.6 Å². The normalized spacial score (nSPS) is 10.7. The second-order valence-electron chi connectivity index (χ2n) is 5.71. The van der Waals surface area contributed by atoms with Gasteiger partial charge in [0.2, 0.25) is 11.8 Å². The van der Waals surface area contributed by atoms with Gasteiger partial charge in [0.05, 0.1) is 6.21 Å². The van der Waals surface area contributed by atoms with Gasteiger partial charge in [0.1, 0.15) is 0 Å². The van der Waals surface area contributed by atoms with Gasteiger partial charge in [0.25, 0.3) is 0 Å². The SMILES string of the molecule is Cc1ccc(NC(=O)CCC(=O)N/N=C/c2cccc(I)c2)c(C)c1. The highest BCUT2D eigenvalue weighted by atomic mass is 127. The minimum atomic E-state index is -0.294. The molecule has 0 atom stereocenters. The van der Waals surface area contributed by atoms with Crippen LogP contribution < -0.4 is 10.7 Å². The molecule has 0 bridgehead atoms. The smallest absolute Gasteiger partial charge is 0.240 e. The van der Waals surface area contributed by atoms with Gasteiger partial charge in [-0.15, -0.1) is 0 Å². The van der Waals surface area contributed by atoms with E-state index in [2.05, 4.69) is 38.4 Å². The van der Waals surface area contributed by atoms with Crippen molar-refractivity contribution in [2.24, 2.45) is 5.10 Å². The van der Waals surface area contributed by atoms with Crippen LogP contribution in [-0.4, -0.2) is 18.0 Å². The van der Waals surface area contributed by atoms with Crippen molar-refractivity contribution >= 4 is 46.3 Å². The number of hydrazone groups is 1. The Morgan fingerprint density at radius 1 is 1.08 bits per heavy atom. The van der Waals surface area contributed by atoms with Gasteiger partial charge in [0.15, 0.2) is 0 Å². The Morgan fingerprint density at radius 3 is 2.56 bits per heavy atom. The molecule has 6 heteroatoms. The summed E-state index contributed by atoms with van der Waals surface area (Å²) >= 11 is 2.21. The van der Waals surface area contributed by atoms with E-state index in [4.69, 9.17) is 0 Å². The number of carbonyl (C=O) groups excluding carboxylic acids is 2. The molecule has 0 saturated heterocycles. The summed E-state index contributed by atoms with van der Waals surface area (Å²) in [6.07, 6.45) is 1.77. The number of carbonyl (C=O) groups is 2. The molecule has 0 fully saturated rings. The van der Waals surface area contributed by atoms with E-state index in [1.165, 1.54) is 0 Å². The summed E-state index contributed by atoms with van der Waals surface area (Å²) in [5, 5.41) is 6.73. The average molecular weight is 449 g/mol. The summed E-state index contributed by atoms with van der Waals surface area (Å²) in [6.45, 7) is 3.94. The van der Waals surface area contributed by atoms with E-state index in [9.17, 15) is 9.59 Å². The van der Waals surface area contributed by atoms with Crippen molar-refractivity contribution in [1.29, 1.82) is 0 Å². The number of rotatable bonds is 6. The van der Waals surface area contributed by atoms with Crippen LogP contribution in [0.1, 0.15) is 29.5 Å². The molecule has 5 nitrogen and oxygen atoms in total. The highest BCUT2D eigenvalue weighted by molar-refractivity contribution is 14.1. The first-order valence-electron chi connectivity index (χ1n) is 7.88. The highest BCUT2D eigenvalue weighted by Gasteiger charge is 2.08. The fourth-order valence-corrected chi connectivity index (χ4v) is 2.78. The first-order valence-corrected chi connectivity index (χ1v) is 8.96. The molecule has 2 amide bonds. The second kappa shape index (κ2) is 9.31. The largest absolute Gasteiger partial charge is 0.326 e. The van der Waals surface area contributed by atoms with E-state index in [0.29, 0.717) is 0 Å². The molecule has 2 rings (SSSR count). The highest BCUT2D eigenvalue weighted by Crippen LogP contribution is 2.16. The van der Waals surface area contributed by atoms with Crippen LogP contribution in [0.4, 0.5) is 5.69 Å². The lowest BCUT2D eigenvalue weighted by atomic mass is 10.1. The summed E-state index contributed by atoms with van der Waals surface area (Å²) in [7, 11) is 0. The van der Waals surface area contributed by atoms with E-state index >= 15 is 0 Å². The minimum absolute atomic E-state index is 0.0837. The number of hydrogen-bond acceptors (Lipinski definition) is 3. The lowest BCUT2D eigenvalue weighted by Gasteiger charge is -2.08. The molecule has 0 radical (unpaired) electrons. The van der Waals surface area contributed by atoms with Gasteiger partial charge in [-0.25, -0.2) is 5.43 Å². The molecule has 0 saturated carbocycles. The van der Waals surface area contributed by atoms with Gasteiger partial charge in [-0.3, -0.25) is 9.59 Å². The lowest BCUT2D eigenvalue weighted by Crippen LogP contribution is -2.20. The maximum absolute atomic E-state index is 12.0. The number of aryl methyl sites for hydroxylation is 2. The number of hydrogen-bond donors (Lipinski definition) is 2. The van der Waals surface area contributed by atoms with E-state index in [1.54, 1.807) is 6.21 Å². The van der Waals surface area contributed by atoms with Crippen LogP contribution in [0.25, 0.3) is 0 Å². The van der Waals surface area contributed by atoms with Crippen LogP contribution in [0, 0.1) is 17.4 Å². The summed E-state index contributed by atoms with van der Waals surface area (Å²) in [4.78, 5) is 23.7. The Labute approximate surface area is 161 Å². The maximum Gasteiger partial charge on any atom is 0.240 e. The quantitative estimate of drug-likeness (QED) is 0.401. The number of amides is 2. The van der Waals surface area contributed by atoms with E-state index in [1.807, 2.05) is 56.3 Å². The van der Waals surface area contributed by atoms with Gasteiger partial charge in [-0.2, -0.15) is 5.10 Å². The van der Waals surface area contributed by atoms with E-state index in [-0.39, 0.29) is 24.7 Å². The standard InChI is InChI=1S/C19H20IN3O2/c1-13-6-7-17(14(2)10-13)22-18(24)8-9-19(25)23-21-12-15-4-3-5-16(20)11-15/h3-7,10-12H,8-9H2,1-2H3,(H,22,24)(H,23,25)/b21-12+. The van der Waals surface area contributed by atoms with Gasteiger partial charge >= 0.3 is 0 Å². The summed E-state index contributed by atoms with van der Waals surface area (Å²) < 4.78 is 1.09. The Kier molecular flexibility index (Phi) is 7.12. The number of halogens is 1. The third-order valence-corrected chi connectivity index (χ3v) is 4.16. The monoisotopic (exact) mass is 449 g/mol. The zero-order valence-electron chi connectivity index (χ0n) is 14.2. The van der Waals surface area contributed by atoms with Gasteiger partial charge < -0.3 is 5.32 Å². The van der Waals surface area contributed by atoms with Crippen molar-refractivity contribution in [1.82, 2.24) is 5.43 Å². The zero-order valence-corrected chi connectivity index (χ0v) is 16.3. The topological polar surface area (TPSA) is 70.6 Å². The van der Waals surface area contributed by atoms with Gasteiger partial charge in [-0.1, -0.05) is 29.8 Å². The van der Waals surface area contributed by atoms with Crippen LogP contribution >= 0.6 is 22.6 Å². The van der Waals surface area contributed by atoms with Crippen molar-refractivity contribution in [2.45, 2.75) is 26.7 Å². The molecule has 2 aromatic rings. The van der Waals surface area contributed by atoms with Crippen LogP contribution in [-0.2, 0) is 9.59 Å². The predicted octanol–water partition coefficient (Wildman–Crippen LogP) is 3.78. The Hall–Kier alpha value is -2.22. The number of nitrogens with one attached hydrogen (secondary N) is 2. The molecule has 0 heterocycles. The fraction of sp³-hybridized carbons (Fsp3) is 0.211. The summed E-state index contributed by atoms with van der Waals surface area (Å²) in [5.41, 5.74) is 6.25. The van der Waals surface area contributed by atoms with E-state index < -0.39 is 0 Å².